The number of fused-ring (bicyclic) bond motifs is 3. The second kappa shape index (κ2) is 3.89. The highest BCUT2D eigenvalue weighted by atomic mass is 14.5. The average Bonchev–Trinajstić information content (AvgIpc) is 2.31. The summed E-state index contributed by atoms with van der Waals surface area (Å²) in [5.74, 6) is 3.02. The average molecular weight is 218 g/mol. The van der Waals surface area contributed by atoms with E-state index in [9.17, 15) is 0 Å². The lowest BCUT2D eigenvalue weighted by Gasteiger charge is -2.52. The molecule has 2 saturated carbocycles. The van der Waals surface area contributed by atoms with Crippen LogP contribution < -0.4 is 0 Å². The predicted molar refractivity (Wildman–Crippen MR) is 69.3 cm³/mol. The second-order valence-corrected chi connectivity index (χ2v) is 6.88. The summed E-state index contributed by atoms with van der Waals surface area (Å²) < 4.78 is 0. The van der Waals surface area contributed by atoms with E-state index in [1.54, 1.807) is 0 Å². The highest BCUT2D eigenvalue weighted by molar-refractivity contribution is 5.23. The molecule has 0 nitrogen and oxygen atoms in total. The molecule has 16 heavy (non-hydrogen) atoms. The molecule has 0 bridgehead atoms. The normalized spacial score (nSPS) is 47.9. The first-order valence-electron chi connectivity index (χ1n) is 7.39. The monoisotopic (exact) mass is 218 g/mol. The van der Waals surface area contributed by atoms with Crippen LogP contribution in [-0.4, -0.2) is 0 Å². The molecule has 90 valence electrons. The van der Waals surface area contributed by atoms with Gasteiger partial charge in [0, 0.05) is 0 Å². The fourth-order valence-corrected chi connectivity index (χ4v) is 4.78. The maximum atomic E-state index is 2.64. The first kappa shape index (κ1) is 10.9. The van der Waals surface area contributed by atoms with Gasteiger partial charge < -0.3 is 0 Å². The van der Waals surface area contributed by atoms with Gasteiger partial charge in [-0.15, -0.1) is 0 Å². The molecule has 3 unspecified atom stereocenters. The van der Waals surface area contributed by atoms with Gasteiger partial charge in [0.05, 0.1) is 0 Å². The standard InChI is InChI=1S/C16H26/c1-12-9-10-16(2)14(11-12)8-7-13-5-3-4-6-15(13)16/h8,12-13,15H,3-7,9-11H2,1-2H3/t12?,13?,15-,16?/m0/s1. The summed E-state index contributed by atoms with van der Waals surface area (Å²) in [6.45, 7) is 5.03. The van der Waals surface area contributed by atoms with Crippen LogP contribution >= 0.6 is 0 Å². The zero-order chi connectivity index (χ0) is 11.2. The van der Waals surface area contributed by atoms with Crippen molar-refractivity contribution in [2.45, 2.75) is 65.2 Å². The quantitative estimate of drug-likeness (QED) is 0.505. The van der Waals surface area contributed by atoms with Gasteiger partial charge >= 0.3 is 0 Å². The Morgan fingerprint density at radius 3 is 2.88 bits per heavy atom. The van der Waals surface area contributed by atoms with Gasteiger partial charge in [-0.1, -0.05) is 38.3 Å². The zero-order valence-electron chi connectivity index (χ0n) is 11.0. The van der Waals surface area contributed by atoms with E-state index in [-0.39, 0.29) is 0 Å². The second-order valence-electron chi connectivity index (χ2n) is 6.88. The van der Waals surface area contributed by atoms with Gasteiger partial charge in [0.15, 0.2) is 0 Å². The topological polar surface area (TPSA) is 0 Å². The maximum Gasteiger partial charge on any atom is -0.00852 e. The summed E-state index contributed by atoms with van der Waals surface area (Å²) in [5.41, 5.74) is 2.45. The highest BCUT2D eigenvalue weighted by Gasteiger charge is 2.46. The molecular weight excluding hydrogens is 192 g/mol. The molecule has 0 N–H and O–H groups in total. The Hall–Kier alpha value is -0.260. The minimum absolute atomic E-state index is 0.607. The molecule has 0 aliphatic heterocycles. The number of allylic oxidation sites excluding steroid dienone is 2. The fraction of sp³-hybridized carbons (Fsp3) is 0.875. The van der Waals surface area contributed by atoms with Crippen LogP contribution in [0.1, 0.15) is 65.2 Å². The van der Waals surface area contributed by atoms with Crippen molar-refractivity contribution in [3.05, 3.63) is 11.6 Å². The molecule has 0 amide bonds. The molecule has 2 fully saturated rings. The number of rotatable bonds is 0. The Morgan fingerprint density at radius 2 is 2.00 bits per heavy atom. The van der Waals surface area contributed by atoms with E-state index in [0.717, 1.165) is 17.8 Å². The molecule has 0 aromatic rings. The molecule has 0 spiro atoms. The Morgan fingerprint density at radius 1 is 1.19 bits per heavy atom. The molecule has 0 aromatic carbocycles. The van der Waals surface area contributed by atoms with Crippen molar-refractivity contribution < 1.29 is 0 Å². The van der Waals surface area contributed by atoms with Gasteiger partial charge in [-0.3, -0.25) is 0 Å². The van der Waals surface area contributed by atoms with Crippen LogP contribution in [0.15, 0.2) is 11.6 Å². The maximum absolute atomic E-state index is 2.64. The first-order chi connectivity index (χ1) is 7.70. The summed E-state index contributed by atoms with van der Waals surface area (Å²) >= 11 is 0. The van der Waals surface area contributed by atoms with Crippen LogP contribution in [0.4, 0.5) is 0 Å². The van der Waals surface area contributed by atoms with E-state index in [1.807, 2.05) is 5.57 Å². The molecule has 4 atom stereocenters. The van der Waals surface area contributed by atoms with Gasteiger partial charge in [0.25, 0.3) is 0 Å². The molecule has 3 aliphatic carbocycles. The summed E-state index contributed by atoms with van der Waals surface area (Å²) in [6.07, 6.45) is 14.4. The number of hydrogen-bond acceptors (Lipinski definition) is 0. The summed E-state index contributed by atoms with van der Waals surface area (Å²) in [4.78, 5) is 0. The third kappa shape index (κ3) is 1.57. The SMILES string of the molecule is CC1CCC2(C)C(=CCC3CCCC[C@@H]32)C1. The van der Waals surface area contributed by atoms with E-state index >= 15 is 0 Å². The van der Waals surface area contributed by atoms with Gasteiger partial charge in [-0.05, 0) is 61.7 Å². The van der Waals surface area contributed by atoms with E-state index in [2.05, 4.69) is 19.9 Å². The molecule has 0 heterocycles. The van der Waals surface area contributed by atoms with Gasteiger partial charge in [0.2, 0.25) is 0 Å². The van der Waals surface area contributed by atoms with E-state index < -0.39 is 0 Å². The van der Waals surface area contributed by atoms with Crippen molar-refractivity contribution >= 4 is 0 Å². The lowest BCUT2D eigenvalue weighted by Crippen LogP contribution is -2.42. The predicted octanol–water partition coefficient (Wildman–Crippen LogP) is 4.95. The van der Waals surface area contributed by atoms with E-state index in [1.165, 1.54) is 51.4 Å². The van der Waals surface area contributed by atoms with Crippen LogP contribution in [0.3, 0.4) is 0 Å². The molecule has 3 aliphatic rings. The van der Waals surface area contributed by atoms with Crippen molar-refractivity contribution in [1.29, 1.82) is 0 Å². The van der Waals surface area contributed by atoms with Crippen molar-refractivity contribution in [3.8, 4) is 0 Å². The van der Waals surface area contributed by atoms with Crippen LogP contribution in [0.2, 0.25) is 0 Å². The van der Waals surface area contributed by atoms with Crippen molar-refractivity contribution in [2.75, 3.05) is 0 Å². The van der Waals surface area contributed by atoms with Gasteiger partial charge in [-0.2, -0.15) is 0 Å². The van der Waals surface area contributed by atoms with Gasteiger partial charge in [-0.25, -0.2) is 0 Å². The minimum Gasteiger partial charge on any atom is -0.0845 e. The van der Waals surface area contributed by atoms with Crippen LogP contribution in [-0.2, 0) is 0 Å². The lowest BCUT2D eigenvalue weighted by atomic mass is 9.53. The minimum atomic E-state index is 0.607. The Balaban J connectivity index is 1.90. The Bertz CT molecular complexity index is 301. The van der Waals surface area contributed by atoms with Crippen molar-refractivity contribution in [1.82, 2.24) is 0 Å². The smallest absolute Gasteiger partial charge is 0.00852 e. The lowest BCUT2D eigenvalue weighted by molar-refractivity contribution is 0.0622. The summed E-state index contributed by atoms with van der Waals surface area (Å²) in [7, 11) is 0. The zero-order valence-corrected chi connectivity index (χ0v) is 11.0. The third-order valence-corrected chi connectivity index (χ3v) is 5.85. The fourth-order valence-electron chi connectivity index (χ4n) is 4.78. The summed E-state index contributed by atoms with van der Waals surface area (Å²) in [5, 5.41) is 0. The molecule has 3 rings (SSSR count). The van der Waals surface area contributed by atoms with Gasteiger partial charge in [0.1, 0.15) is 0 Å². The van der Waals surface area contributed by atoms with Crippen molar-refractivity contribution in [2.24, 2.45) is 23.2 Å². The van der Waals surface area contributed by atoms with Crippen LogP contribution in [0.25, 0.3) is 0 Å². The third-order valence-electron chi connectivity index (χ3n) is 5.85. The van der Waals surface area contributed by atoms with E-state index in [4.69, 9.17) is 0 Å². The molecule has 0 saturated heterocycles. The number of hydrogen-bond donors (Lipinski definition) is 0. The molecule has 0 aromatic heterocycles. The molecule has 0 radical (unpaired) electrons. The van der Waals surface area contributed by atoms with E-state index in [0.29, 0.717) is 5.41 Å². The van der Waals surface area contributed by atoms with Crippen LogP contribution in [0, 0.1) is 23.2 Å². The Kier molecular flexibility index (Phi) is 2.64. The van der Waals surface area contributed by atoms with Crippen LogP contribution in [0.5, 0.6) is 0 Å². The molecular formula is C16H26. The largest absolute Gasteiger partial charge is 0.0845 e. The van der Waals surface area contributed by atoms with Crippen molar-refractivity contribution in [3.63, 3.8) is 0 Å². The summed E-state index contributed by atoms with van der Waals surface area (Å²) in [6, 6.07) is 0. The highest BCUT2D eigenvalue weighted by Crippen LogP contribution is 2.57. The molecule has 0 heteroatoms. The Labute approximate surface area is 101 Å². The first-order valence-corrected chi connectivity index (χ1v) is 7.39.